The normalized spacial score (nSPS) is 13.7. The average Bonchev–Trinajstić information content (AvgIpc) is 2.41. The summed E-state index contributed by atoms with van der Waals surface area (Å²) in [6.45, 7) is 0. The van der Waals surface area contributed by atoms with E-state index >= 15 is 0 Å². The third kappa shape index (κ3) is 2.56. The lowest BCUT2D eigenvalue weighted by Crippen LogP contribution is -2.10. The largest absolute Gasteiger partial charge is 0.453 e. The van der Waals surface area contributed by atoms with Gasteiger partial charge in [0.1, 0.15) is 0 Å². The fraction of sp³-hybridized carbons (Fsp3) is 0.143. The molecule has 1 heterocycles. The zero-order valence-electron chi connectivity index (χ0n) is 10.6. The minimum atomic E-state index is -4.56. The number of halogens is 6. The van der Waals surface area contributed by atoms with Crippen LogP contribution in [0, 0.1) is 0 Å². The van der Waals surface area contributed by atoms with E-state index in [4.69, 9.17) is 4.74 Å². The summed E-state index contributed by atoms with van der Waals surface area (Å²) in [7, 11) is 0. The van der Waals surface area contributed by atoms with Gasteiger partial charge in [0.2, 0.25) is 0 Å². The fourth-order valence-electron chi connectivity index (χ4n) is 2.04. The maximum Gasteiger partial charge on any atom is 0.416 e. The topological polar surface area (TPSA) is 21.3 Å². The van der Waals surface area contributed by atoms with Crippen molar-refractivity contribution in [3.63, 3.8) is 0 Å². The first-order valence-electron chi connectivity index (χ1n) is 6.02. The SMILES string of the molecule is FC(F)(F)c1ccc2c(c1)Oc1cc(C(F)(F)F)ccc1N2. The molecule has 0 spiro atoms. The van der Waals surface area contributed by atoms with E-state index in [1.165, 1.54) is 12.1 Å². The number of ether oxygens (including phenoxy) is 1. The molecule has 0 fully saturated rings. The Morgan fingerprint density at radius 1 is 0.682 bits per heavy atom. The lowest BCUT2D eigenvalue weighted by atomic mass is 10.1. The Labute approximate surface area is 120 Å². The molecule has 0 atom stereocenters. The predicted octanol–water partition coefficient (Wildman–Crippen LogP) is 5.57. The van der Waals surface area contributed by atoms with Gasteiger partial charge in [-0.05, 0) is 36.4 Å². The molecule has 0 saturated heterocycles. The molecule has 22 heavy (non-hydrogen) atoms. The molecule has 0 saturated carbocycles. The standard InChI is InChI=1S/C14H7F6NO/c15-13(16,17)7-1-3-9-11(5-7)22-12-6-8(14(18,19)20)2-4-10(12)21-9/h1-6,21H. The summed E-state index contributed by atoms with van der Waals surface area (Å²) in [6, 6.07) is 5.54. The maximum absolute atomic E-state index is 12.6. The molecule has 0 bridgehead atoms. The molecule has 0 amide bonds. The second kappa shape index (κ2) is 4.56. The minimum Gasteiger partial charge on any atom is -0.453 e. The Hall–Kier alpha value is -2.38. The van der Waals surface area contributed by atoms with Crippen molar-refractivity contribution in [2.24, 2.45) is 0 Å². The molecule has 0 aromatic heterocycles. The molecule has 116 valence electrons. The van der Waals surface area contributed by atoms with Gasteiger partial charge in [-0.15, -0.1) is 0 Å². The molecule has 0 unspecified atom stereocenters. The van der Waals surface area contributed by atoms with Gasteiger partial charge in [0.15, 0.2) is 11.5 Å². The van der Waals surface area contributed by atoms with Crippen molar-refractivity contribution >= 4 is 11.4 Å². The third-order valence-electron chi connectivity index (χ3n) is 3.11. The number of alkyl halides is 6. The molecule has 2 nitrogen and oxygen atoms in total. The van der Waals surface area contributed by atoms with Crippen molar-refractivity contribution in [1.82, 2.24) is 0 Å². The average molecular weight is 319 g/mol. The van der Waals surface area contributed by atoms with Gasteiger partial charge in [0.05, 0.1) is 22.5 Å². The molecule has 1 aliphatic rings. The van der Waals surface area contributed by atoms with Gasteiger partial charge in [-0.25, -0.2) is 0 Å². The van der Waals surface area contributed by atoms with E-state index in [1.54, 1.807) is 0 Å². The lowest BCUT2D eigenvalue weighted by molar-refractivity contribution is -0.138. The summed E-state index contributed by atoms with van der Waals surface area (Å²) < 4.78 is 81.1. The zero-order chi connectivity index (χ0) is 16.1. The molecule has 3 rings (SSSR count). The van der Waals surface area contributed by atoms with Crippen LogP contribution in [0.5, 0.6) is 11.5 Å². The summed E-state index contributed by atoms with van der Waals surface area (Å²) in [5.74, 6) is -0.358. The van der Waals surface area contributed by atoms with E-state index in [0.29, 0.717) is 0 Å². The monoisotopic (exact) mass is 319 g/mol. The smallest absolute Gasteiger partial charge is 0.416 e. The molecule has 0 aliphatic carbocycles. The van der Waals surface area contributed by atoms with Crippen molar-refractivity contribution in [2.45, 2.75) is 12.4 Å². The van der Waals surface area contributed by atoms with Crippen LogP contribution in [-0.2, 0) is 12.4 Å². The Morgan fingerprint density at radius 2 is 1.09 bits per heavy atom. The zero-order valence-corrected chi connectivity index (χ0v) is 10.6. The van der Waals surface area contributed by atoms with Crippen LogP contribution in [0.25, 0.3) is 0 Å². The van der Waals surface area contributed by atoms with Gasteiger partial charge in [0.25, 0.3) is 0 Å². The number of hydrogen-bond donors (Lipinski definition) is 1. The van der Waals surface area contributed by atoms with Gasteiger partial charge >= 0.3 is 12.4 Å². The van der Waals surface area contributed by atoms with Gasteiger partial charge < -0.3 is 10.1 Å². The summed E-state index contributed by atoms with van der Waals surface area (Å²) >= 11 is 0. The molecular weight excluding hydrogens is 312 g/mol. The summed E-state index contributed by atoms with van der Waals surface area (Å²) in [6.07, 6.45) is -9.13. The highest BCUT2D eigenvalue weighted by molar-refractivity contribution is 5.76. The minimum absolute atomic E-state index is 0.179. The first-order valence-corrected chi connectivity index (χ1v) is 6.02. The van der Waals surface area contributed by atoms with E-state index in [1.807, 2.05) is 0 Å². The highest BCUT2D eigenvalue weighted by Crippen LogP contribution is 2.46. The van der Waals surface area contributed by atoms with Crippen LogP contribution in [0.1, 0.15) is 11.1 Å². The van der Waals surface area contributed by atoms with Crippen LogP contribution in [-0.4, -0.2) is 0 Å². The fourth-order valence-corrected chi connectivity index (χ4v) is 2.04. The number of fused-ring (bicyclic) bond motifs is 2. The molecule has 1 N–H and O–H groups in total. The van der Waals surface area contributed by atoms with E-state index in [0.717, 1.165) is 24.3 Å². The predicted molar refractivity (Wildman–Crippen MR) is 66.2 cm³/mol. The summed E-state index contributed by atoms with van der Waals surface area (Å²) in [5.41, 5.74) is -1.38. The summed E-state index contributed by atoms with van der Waals surface area (Å²) in [5, 5.41) is 2.74. The number of rotatable bonds is 0. The van der Waals surface area contributed by atoms with Gasteiger partial charge in [0, 0.05) is 0 Å². The van der Waals surface area contributed by atoms with E-state index in [9.17, 15) is 26.3 Å². The Balaban J connectivity index is 2.00. The molecule has 8 heteroatoms. The van der Waals surface area contributed by atoms with Crippen LogP contribution < -0.4 is 10.1 Å². The highest BCUT2D eigenvalue weighted by atomic mass is 19.4. The van der Waals surface area contributed by atoms with Gasteiger partial charge in [-0.3, -0.25) is 0 Å². The molecule has 1 aliphatic heterocycles. The van der Waals surface area contributed by atoms with Crippen LogP contribution in [0.4, 0.5) is 37.7 Å². The summed E-state index contributed by atoms with van der Waals surface area (Å²) in [4.78, 5) is 0. The quantitative estimate of drug-likeness (QED) is 0.547. The number of nitrogens with one attached hydrogen (secondary N) is 1. The molecule has 2 aromatic rings. The van der Waals surface area contributed by atoms with Crippen molar-refractivity contribution in [3.8, 4) is 11.5 Å². The van der Waals surface area contributed by atoms with E-state index in [-0.39, 0.29) is 22.9 Å². The second-order valence-electron chi connectivity index (χ2n) is 4.64. The third-order valence-corrected chi connectivity index (χ3v) is 3.11. The van der Waals surface area contributed by atoms with Crippen molar-refractivity contribution in [3.05, 3.63) is 47.5 Å². The van der Waals surface area contributed by atoms with E-state index in [2.05, 4.69) is 5.32 Å². The second-order valence-corrected chi connectivity index (χ2v) is 4.64. The van der Waals surface area contributed by atoms with Crippen molar-refractivity contribution in [2.75, 3.05) is 5.32 Å². The van der Waals surface area contributed by atoms with Gasteiger partial charge in [-0.1, -0.05) is 0 Å². The van der Waals surface area contributed by atoms with Crippen LogP contribution in [0.3, 0.4) is 0 Å². The molecule has 0 radical (unpaired) electrons. The highest BCUT2D eigenvalue weighted by Gasteiger charge is 2.34. The van der Waals surface area contributed by atoms with Crippen molar-refractivity contribution in [1.29, 1.82) is 0 Å². The number of hydrogen-bond acceptors (Lipinski definition) is 2. The molecule has 2 aromatic carbocycles. The Bertz CT molecular complexity index is 674. The van der Waals surface area contributed by atoms with E-state index < -0.39 is 23.5 Å². The number of anilines is 2. The lowest BCUT2D eigenvalue weighted by Gasteiger charge is -2.23. The van der Waals surface area contributed by atoms with Crippen molar-refractivity contribution < 1.29 is 31.1 Å². The van der Waals surface area contributed by atoms with Crippen LogP contribution in [0.2, 0.25) is 0 Å². The van der Waals surface area contributed by atoms with Crippen LogP contribution >= 0.6 is 0 Å². The first-order chi connectivity index (χ1) is 10.1. The first kappa shape index (κ1) is 14.6. The van der Waals surface area contributed by atoms with Crippen LogP contribution in [0.15, 0.2) is 36.4 Å². The molecular formula is C14H7F6NO. The Kier molecular flexibility index (Phi) is 3.01. The number of benzene rings is 2. The Morgan fingerprint density at radius 3 is 1.45 bits per heavy atom. The van der Waals surface area contributed by atoms with Gasteiger partial charge in [-0.2, -0.15) is 26.3 Å². The maximum atomic E-state index is 12.6.